The van der Waals surface area contributed by atoms with Gasteiger partial charge in [-0.25, -0.2) is 0 Å². The summed E-state index contributed by atoms with van der Waals surface area (Å²) in [5.41, 5.74) is 3.75. The zero-order valence-corrected chi connectivity index (χ0v) is 11.1. The van der Waals surface area contributed by atoms with Crippen molar-refractivity contribution < 1.29 is 0 Å². The van der Waals surface area contributed by atoms with E-state index in [2.05, 4.69) is 60.4 Å². The molecule has 94 valence electrons. The topological polar surface area (TPSA) is 12.9 Å². The van der Waals surface area contributed by atoms with Crippen LogP contribution in [0.2, 0.25) is 0 Å². The van der Waals surface area contributed by atoms with Gasteiger partial charge in [0.25, 0.3) is 0 Å². The maximum atomic E-state index is 4.54. The van der Waals surface area contributed by atoms with Gasteiger partial charge in [0, 0.05) is 11.8 Å². The Morgan fingerprint density at radius 2 is 1.74 bits per heavy atom. The SMILES string of the molecule is CCCc1ccc2ccccc2c1-c1ccccn1. The van der Waals surface area contributed by atoms with Gasteiger partial charge in [0.15, 0.2) is 0 Å². The van der Waals surface area contributed by atoms with Crippen LogP contribution in [0.4, 0.5) is 0 Å². The second-order valence-corrected chi connectivity index (χ2v) is 4.79. The number of hydrogen-bond acceptors (Lipinski definition) is 1. The highest BCUT2D eigenvalue weighted by Crippen LogP contribution is 2.31. The predicted octanol–water partition coefficient (Wildman–Crippen LogP) is 4.85. The van der Waals surface area contributed by atoms with E-state index < -0.39 is 0 Å². The number of aryl methyl sites for hydroxylation is 1. The monoisotopic (exact) mass is 247 g/mol. The Kier molecular flexibility index (Phi) is 3.28. The number of pyridine rings is 1. The second-order valence-electron chi connectivity index (χ2n) is 4.79. The molecule has 3 rings (SSSR count). The van der Waals surface area contributed by atoms with E-state index in [1.54, 1.807) is 0 Å². The molecule has 0 fully saturated rings. The number of fused-ring (bicyclic) bond motifs is 1. The van der Waals surface area contributed by atoms with Crippen LogP contribution in [0.25, 0.3) is 22.0 Å². The summed E-state index contributed by atoms with van der Waals surface area (Å²) in [6.45, 7) is 2.22. The molecule has 0 aliphatic heterocycles. The first-order valence-corrected chi connectivity index (χ1v) is 6.82. The summed E-state index contributed by atoms with van der Waals surface area (Å²) in [5, 5.41) is 2.58. The van der Waals surface area contributed by atoms with Gasteiger partial charge >= 0.3 is 0 Å². The molecule has 1 nitrogen and oxygen atoms in total. The maximum Gasteiger partial charge on any atom is 0.0710 e. The lowest BCUT2D eigenvalue weighted by Gasteiger charge is -2.12. The molecule has 0 radical (unpaired) electrons. The fraction of sp³-hybridized carbons (Fsp3) is 0.167. The largest absolute Gasteiger partial charge is 0.256 e. The molecule has 0 amide bonds. The van der Waals surface area contributed by atoms with Gasteiger partial charge in [-0.15, -0.1) is 0 Å². The first-order valence-electron chi connectivity index (χ1n) is 6.82. The van der Waals surface area contributed by atoms with Crippen LogP contribution in [-0.4, -0.2) is 4.98 Å². The molecule has 3 aromatic rings. The van der Waals surface area contributed by atoms with E-state index in [1.807, 2.05) is 12.3 Å². The highest BCUT2D eigenvalue weighted by atomic mass is 14.7. The van der Waals surface area contributed by atoms with Crippen molar-refractivity contribution in [1.82, 2.24) is 4.98 Å². The number of hydrogen-bond donors (Lipinski definition) is 0. The summed E-state index contributed by atoms with van der Waals surface area (Å²) in [7, 11) is 0. The van der Waals surface area contributed by atoms with Gasteiger partial charge in [0.2, 0.25) is 0 Å². The fourth-order valence-electron chi connectivity index (χ4n) is 2.61. The highest BCUT2D eigenvalue weighted by molar-refractivity contribution is 5.97. The summed E-state index contributed by atoms with van der Waals surface area (Å²) in [5.74, 6) is 0. The van der Waals surface area contributed by atoms with Crippen molar-refractivity contribution in [3.8, 4) is 11.3 Å². The van der Waals surface area contributed by atoms with Crippen LogP contribution in [0, 0.1) is 0 Å². The molecule has 1 aromatic heterocycles. The van der Waals surface area contributed by atoms with Crippen LogP contribution < -0.4 is 0 Å². The molecule has 0 aliphatic rings. The van der Waals surface area contributed by atoms with Crippen molar-refractivity contribution >= 4 is 10.8 Å². The summed E-state index contributed by atoms with van der Waals surface area (Å²) in [6.07, 6.45) is 4.11. The summed E-state index contributed by atoms with van der Waals surface area (Å²) in [4.78, 5) is 4.54. The van der Waals surface area contributed by atoms with Crippen LogP contribution >= 0.6 is 0 Å². The standard InChI is InChI=1S/C18H17N/c1-2-7-15-12-11-14-8-3-4-9-16(14)18(15)17-10-5-6-13-19-17/h3-6,8-13H,2,7H2,1H3. The van der Waals surface area contributed by atoms with E-state index in [9.17, 15) is 0 Å². The molecule has 19 heavy (non-hydrogen) atoms. The third-order valence-electron chi connectivity index (χ3n) is 3.46. The molecule has 0 atom stereocenters. The molecule has 1 heteroatoms. The van der Waals surface area contributed by atoms with Gasteiger partial charge in [0.05, 0.1) is 5.69 Å². The van der Waals surface area contributed by atoms with Crippen molar-refractivity contribution in [3.05, 3.63) is 66.4 Å². The van der Waals surface area contributed by atoms with Crippen LogP contribution in [0.5, 0.6) is 0 Å². The predicted molar refractivity (Wildman–Crippen MR) is 81.2 cm³/mol. The molecular formula is C18H17N. The zero-order chi connectivity index (χ0) is 13.1. The van der Waals surface area contributed by atoms with E-state index in [4.69, 9.17) is 0 Å². The minimum Gasteiger partial charge on any atom is -0.256 e. The minimum absolute atomic E-state index is 1.07. The number of aromatic nitrogens is 1. The van der Waals surface area contributed by atoms with Crippen molar-refractivity contribution in [2.45, 2.75) is 19.8 Å². The van der Waals surface area contributed by atoms with Crippen molar-refractivity contribution in [2.24, 2.45) is 0 Å². The lowest BCUT2D eigenvalue weighted by atomic mass is 9.94. The normalized spacial score (nSPS) is 10.8. The fourth-order valence-corrected chi connectivity index (χ4v) is 2.61. The zero-order valence-electron chi connectivity index (χ0n) is 11.1. The van der Waals surface area contributed by atoms with Crippen molar-refractivity contribution in [2.75, 3.05) is 0 Å². The van der Waals surface area contributed by atoms with E-state index in [1.165, 1.54) is 21.9 Å². The highest BCUT2D eigenvalue weighted by Gasteiger charge is 2.09. The minimum atomic E-state index is 1.07. The van der Waals surface area contributed by atoms with Crippen molar-refractivity contribution in [1.29, 1.82) is 0 Å². The Morgan fingerprint density at radius 3 is 2.53 bits per heavy atom. The molecule has 1 heterocycles. The molecule has 0 bridgehead atoms. The Labute approximate surface area is 113 Å². The number of nitrogens with zero attached hydrogens (tertiary/aromatic N) is 1. The average molecular weight is 247 g/mol. The van der Waals surface area contributed by atoms with Gasteiger partial charge < -0.3 is 0 Å². The molecule has 0 unspecified atom stereocenters. The Morgan fingerprint density at radius 1 is 0.895 bits per heavy atom. The molecule has 0 saturated carbocycles. The lowest BCUT2D eigenvalue weighted by molar-refractivity contribution is 0.924. The second kappa shape index (κ2) is 5.23. The van der Waals surface area contributed by atoms with Crippen LogP contribution in [-0.2, 0) is 6.42 Å². The Balaban J connectivity index is 2.32. The van der Waals surface area contributed by atoms with E-state index in [0.717, 1.165) is 18.5 Å². The number of benzene rings is 2. The molecule has 0 N–H and O–H groups in total. The smallest absolute Gasteiger partial charge is 0.0710 e. The third-order valence-corrected chi connectivity index (χ3v) is 3.46. The van der Waals surface area contributed by atoms with Crippen LogP contribution in [0.3, 0.4) is 0 Å². The first kappa shape index (κ1) is 11.9. The van der Waals surface area contributed by atoms with E-state index in [0.29, 0.717) is 0 Å². The maximum absolute atomic E-state index is 4.54. The summed E-state index contributed by atoms with van der Waals surface area (Å²) < 4.78 is 0. The Hall–Kier alpha value is -2.15. The van der Waals surface area contributed by atoms with Gasteiger partial charge in [-0.05, 0) is 34.9 Å². The Bertz CT molecular complexity index is 686. The average Bonchev–Trinajstić information content (AvgIpc) is 2.48. The summed E-state index contributed by atoms with van der Waals surface area (Å²) in [6, 6.07) is 19.1. The lowest BCUT2D eigenvalue weighted by Crippen LogP contribution is -1.93. The number of rotatable bonds is 3. The molecule has 0 aliphatic carbocycles. The summed E-state index contributed by atoms with van der Waals surface area (Å²) >= 11 is 0. The van der Waals surface area contributed by atoms with Gasteiger partial charge in [-0.3, -0.25) is 4.98 Å². The van der Waals surface area contributed by atoms with E-state index in [-0.39, 0.29) is 0 Å². The first-order chi connectivity index (χ1) is 9.40. The molecule has 2 aromatic carbocycles. The molecule has 0 spiro atoms. The van der Waals surface area contributed by atoms with Crippen LogP contribution in [0.1, 0.15) is 18.9 Å². The third kappa shape index (κ3) is 2.24. The van der Waals surface area contributed by atoms with E-state index >= 15 is 0 Å². The van der Waals surface area contributed by atoms with Crippen LogP contribution in [0.15, 0.2) is 60.8 Å². The molecular weight excluding hydrogens is 230 g/mol. The van der Waals surface area contributed by atoms with Crippen molar-refractivity contribution in [3.63, 3.8) is 0 Å². The molecule has 0 saturated heterocycles. The van der Waals surface area contributed by atoms with Gasteiger partial charge in [0.1, 0.15) is 0 Å². The quantitative estimate of drug-likeness (QED) is 0.644. The van der Waals surface area contributed by atoms with Gasteiger partial charge in [-0.1, -0.05) is 55.8 Å². The van der Waals surface area contributed by atoms with Gasteiger partial charge in [-0.2, -0.15) is 0 Å².